The SMILES string of the molecule is O=C(Nc1nc(Cl)ccc1[N+](=O)[O-])c1ccc(Cl)cn1. The highest BCUT2D eigenvalue weighted by atomic mass is 35.5. The van der Waals surface area contributed by atoms with Crippen LogP contribution < -0.4 is 5.32 Å². The molecule has 2 aromatic heterocycles. The minimum Gasteiger partial charge on any atom is -0.299 e. The quantitative estimate of drug-likeness (QED) is 0.533. The number of nitrogens with zero attached hydrogens (tertiary/aromatic N) is 3. The number of hydrogen-bond donors (Lipinski definition) is 1. The lowest BCUT2D eigenvalue weighted by Gasteiger charge is -2.05. The number of nitrogens with one attached hydrogen (secondary N) is 1. The standard InChI is InChI=1S/C11H6Cl2N4O3/c12-6-1-2-7(14-5-6)11(18)16-10-8(17(19)20)3-4-9(13)15-10/h1-5H,(H,15,16,18). The van der Waals surface area contributed by atoms with Crippen molar-refractivity contribution in [2.45, 2.75) is 0 Å². The maximum atomic E-state index is 11.9. The summed E-state index contributed by atoms with van der Waals surface area (Å²) in [6, 6.07) is 5.27. The van der Waals surface area contributed by atoms with Crippen LogP contribution in [0, 0.1) is 10.1 Å². The summed E-state index contributed by atoms with van der Waals surface area (Å²) in [5.41, 5.74) is -0.317. The number of carbonyl (C=O) groups is 1. The zero-order valence-corrected chi connectivity index (χ0v) is 11.2. The van der Waals surface area contributed by atoms with Crippen LogP contribution in [0.5, 0.6) is 0 Å². The molecular formula is C11H6Cl2N4O3. The van der Waals surface area contributed by atoms with E-state index in [0.29, 0.717) is 5.02 Å². The molecule has 0 atom stereocenters. The van der Waals surface area contributed by atoms with E-state index in [0.717, 1.165) is 6.07 Å². The average molecular weight is 313 g/mol. The maximum Gasteiger partial charge on any atom is 0.311 e. The van der Waals surface area contributed by atoms with E-state index in [1.807, 2.05) is 0 Å². The highest BCUT2D eigenvalue weighted by molar-refractivity contribution is 6.30. The lowest BCUT2D eigenvalue weighted by Crippen LogP contribution is -2.15. The van der Waals surface area contributed by atoms with Gasteiger partial charge in [-0.05, 0) is 18.2 Å². The fourth-order valence-corrected chi connectivity index (χ4v) is 1.61. The predicted molar refractivity (Wildman–Crippen MR) is 73.1 cm³/mol. The number of halogens is 2. The van der Waals surface area contributed by atoms with Gasteiger partial charge in [-0.25, -0.2) is 9.97 Å². The van der Waals surface area contributed by atoms with E-state index in [1.54, 1.807) is 0 Å². The second-order valence-corrected chi connectivity index (χ2v) is 4.40. The Morgan fingerprint density at radius 3 is 2.60 bits per heavy atom. The Balaban J connectivity index is 2.29. The Hall–Kier alpha value is -2.25. The number of hydrogen-bond acceptors (Lipinski definition) is 5. The number of rotatable bonds is 3. The summed E-state index contributed by atoms with van der Waals surface area (Å²) in [5, 5.41) is 13.5. The summed E-state index contributed by atoms with van der Waals surface area (Å²) < 4.78 is 0. The number of amides is 1. The van der Waals surface area contributed by atoms with Crippen molar-refractivity contribution in [1.82, 2.24) is 9.97 Å². The molecule has 2 heterocycles. The van der Waals surface area contributed by atoms with Crippen LogP contribution in [0.2, 0.25) is 10.2 Å². The lowest BCUT2D eigenvalue weighted by atomic mass is 10.3. The zero-order chi connectivity index (χ0) is 14.7. The van der Waals surface area contributed by atoms with Gasteiger partial charge in [-0.15, -0.1) is 0 Å². The molecular weight excluding hydrogens is 307 g/mol. The minimum absolute atomic E-state index is 0.0231. The smallest absolute Gasteiger partial charge is 0.299 e. The summed E-state index contributed by atoms with van der Waals surface area (Å²) in [7, 11) is 0. The Bertz CT molecular complexity index is 676. The minimum atomic E-state index is -0.672. The lowest BCUT2D eigenvalue weighted by molar-refractivity contribution is -0.384. The first-order valence-corrected chi connectivity index (χ1v) is 5.97. The number of pyridine rings is 2. The van der Waals surface area contributed by atoms with Crippen molar-refractivity contribution in [3.63, 3.8) is 0 Å². The fourth-order valence-electron chi connectivity index (χ4n) is 1.35. The Morgan fingerprint density at radius 2 is 2.00 bits per heavy atom. The summed E-state index contributed by atoms with van der Waals surface area (Å²) in [6.45, 7) is 0. The van der Waals surface area contributed by atoms with Crippen molar-refractivity contribution in [2.24, 2.45) is 0 Å². The van der Waals surface area contributed by atoms with Crippen LogP contribution in [0.1, 0.15) is 10.5 Å². The maximum absolute atomic E-state index is 11.9. The summed E-state index contributed by atoms with van der Waals surface area (Å²) >= 11 is 11.3. The molecule has 9 heteroatoms. The van der Waals surface area contributed by atoms with Crippen LogP contribution in [0.3, 0.4) is 0 Å². The van der Waals surface area contributed by atoms with E-state index in [-0.39, 0.29) is 22.4 Å². The number of aromatic nitrogens is 2. The molecule has 0 aliphatic rings. The summed E-state index contributed by atoms with van der Waals surface area (Å²) in [6.07, 6.45) is 1.29. The molecule has 7 nitrogen and oxygen atoms in total. The molecule has 1 N–H and O–H groups in total. The van der Waals surface area contributed by atoms with E-state index in [2.05, 4.69) is 15.3 Å². The van der Waals surface area contributed by atoms with Gasteiger partial charge in [0.1, 0.15) is 10.8 Å². The van der Waals surface area contributed by atoms with Crippen molar-refractivity contribution in [3.8, 4) is 0 Å². The third-order valence-corrected chi connectivity index (χ3v) is 2.66. The van der Waals surface area contributed by atoms with Gasteiger partial charge in [-0.2, -0.15) is 0 Å². The van der Waals surface area contributed by atoms with Gasteiger partial charge in [-0.3, -0.25) is 20.2 Å². The Morgan fingerprint density at radius 1 is 1.25 bits per heavy atom. The topological polar surface area (TPSA) is 98.0 Å². The summed E-state index contributed by atoms with van der Waals surface area (Å²) in [5.74, 6) is -0.899. The van der Waals surface area contributed by atoms with Gasteiger partial charge >= 0.3 is 5.69 Å². The average Bonchev–Trinajstić information content (AvgIpc) is 2.39. The van der Waals surface area contributed by atoms with Crippen molar-refractivity contribution >= 4 is 40.6 Å². The van der Waals surface area contributed by atoms with Crippen molar-refractivity contribution in [2.75, 3.05) is 5.32 Å². The van der Waals surface area contributed by atoms with E-state index < -0.39 is 10.8 Å². The van der Waals surface area contributed by atoms with Crippen LogP contribution >= 0.6 is 23.2 Å². The van der Waals surface area contributed by atoms with Crippen molar-refractivity contribution in [3.05, 3.63) is 56.4 Å². The molecule has 0 aromatic carbocycles. The second kappa shape index (κ2) is 5.81. The fraction of sp³-hybridized carbons (Fsp3) is 0. The zero-order valence-electron chi connectivity index (χ0n) is 9.71. The van der Waals surface area contributed by atoms with Crippen molar-refractivity contribution in [1.29, 1.82) is 0 Å². The van der Waals surface area contributed by atoms with E-state index in [9.17, 15) is 14.9 Å². The predicted octanol–water partition coefficient (Wildman–Crippen LogP) is 2.94. The molecule has 102 valence electrons. The molecule has 1 amide bonds. The first-order chi connectivity index (χ1) is 9.47. The molecule has 0 saturated heterocycles. The van der Waals surface area contributed by atoms with Crippen LogP contribution in [0.15, 0.2) is 30.5 Å². The molecule has 0 fully saturated rings. The van der Waals surface area contributed by atoms with Gasteiger partial charge in [0.2, 0.25) is 5.82 Å². The number of carbonyl (C=O) groups excluding carboxylic acids is 1. The Labute approximate surface area is 122 Å². The monoisotopic (exact) mass is 312 g/mol. The van der Waals surface area contributed by atoms with Gasteiger partial charge < -0.3 is 0 Å². The molecule has 20 heavy (non-hydrogen) atoms. The molecule has 0 spiro atoms. The molecule has 2 rings (SSSR count). The summed E-state index contributed by atoms with van der Waals surface area (Å²) in [4.78, 5) is 29.6. The van der Waals surface area contributed by atoms with E-state index >= 15 is 0 Å². The van der Waals surface area contributed by atoms with Gasteiger partial charge in [0.25, 0.3) is 5.91 Å². The molecule has 0 aliphatic heterocycles. The molecule has 0 radical (unpaired) electrons. The van der Waals surface area contributed by atoms with Crippen molar-refractivity contribution < 1.29 is 9.72 Å². The largest absolute Gasteiger partial charge is 0.311 e. The molecule has 0 bridgehead atoms. The first-order valence-electron chi connectivity index (χ1n) is 5.21. The third-order valence-electron chi connectivity index (χ3n) is 2.23. The number of anilines is 1. The van der Waals surface area contributed by atoms with Gasteiger partial charge in [0.15, 0.2) is 0 Å². The normalized spacial score (nSPS) is 10.1. The number of nitro groups is 1. The molecule has 0 aliphatic carbocycles. The van der Waals surface area contributed by atoms with E-state index in [4.69, 9.17) is 23.2 Å². The molecule has 2 aromatic rings. The van der Waals surface area contributed by atoms with Gasteiger partial charge in [0, 0.05) is 12.3 Å². The van der Waals surface area contributed by atoms with Crippen LogP contribution in [-0.2, 0) is 0 Å². The van der Waals surface area contributed by atoms with Crippen LogP contribution in [0.25, 0.3) is 0 Å². The molecule has 0 saturated carbocycles. The third kappa shape index (κ3) is 3.19. The second-order valence-electron chi connectivity index (χ2n) is 3.57. The highest BCUT2D eigenvalue weighted by Gasteiger charge is 2.19. The Kier molecular flexibility index (Phi) is 4.11. The first kappa shape index (κ1) is 14.2. The van der Waals surface area contributed by atoms with Gasteiger partial charge in [0.05, 0.1) is 9.95 Å². The van der Waals surface area contributed by atoms with Crippen LogP contribution in [-0.4, -0.2) is 20.8 Å². The van der Waals surface area contributed by atoms with E-state index in [1.165, 1.54) is 24.4 Å². The van der Waals surface area contributed by atoms with Crippen LogP contribution in [0.4, 0.5) is 11.5 Å². The van der Waals surface area contributed by atoms with Gasteiger partial charge in [-0.1, -0.05) is 23.2 Å². The highest BCUT2D eigenvalue weighted by Crippen LogP contribution is 2.24. The molecule has 0 unspecified atom stereocenters.